The van der Waals surface area contributed by atoms with Crippen LogP contribution in [0.4, 0.5) is 8.78 Å². The highest BCUT2D eigenvalue weighted by Crippen LogP contribution is 2.30. The first-order chi connectivity index (χ1) is 14.5. The lowest BCUT2D eigenvalue weighted by atomic mass is 10.0. The lowest BCUT2D eigenvalue weighted by Crippen LogP contribution is -2.27. The van der Waals surface area contributed by atoms with E-state index in [-0.39, 0.29) is 30.3 Å². The van der Waals surface area contributed by atoms with Crippen molar-refractivity contribution in [3.8, 4) is 22.4 Å². The number of aromatic amines is 1. The number of halogens is 2. The van der Waals surface area contributed by atoms with E-state index in [1.54, 1.807) is 24.5 Å². The molecule has 0 aliphatic heterocycles. The number of carbonyl (C=O) groups excluding carboxylic acids is 1. The van der Waals surface area contributed by atoms with Gasteiger partial charge >= 0.3 is 0 Å². The molecule has 0 atom stereocenters. The zero-order chi connectivity index (χ0) is 21.3. The molecule has 3 heterocycles. The summed E-state index contributed by atoms with van der Waals surface area (Å²) in [5, 5.41) is 12.1. The first-order valence-corrected chi connectivity index (χ1v) is 9.27. The predicted octanol–water partition coefficient (Wildman–Crippen LogP) is 3.60. The van der Waals surface area contributed by atoms with Crippen LogP contribution in [0.2, 0.25) is 0 Å². The molecule has 0 spiro atoms. The molecule has 1 aromatic carbocycles. The number of rotatable bonds is 5. The van der Waals surface area contributed by atoms with Gasteiger partial charge in [-0.15, -0.1) is 0 Å². The molecule has 0 bridgehead atoms. The van der Waals surface area contributed by atoms with Gasteiger partial charge in [0.2, 0.25) is 0 Å². The van der Waals surface area contributed by atoms with Crippen LogP contribution in [0.1, 0.15) is 16.1 Å². The Morgan fingerprint density at radius 3 is 2.60 bits per heavy atom. The van der Waals surface area contributed by atoms with Gasteiger partial charge in [0.25, 0.3) is 5.91 Å². The Bertz CT molecular complexity index is 1230. The maximum Gasteiger partial charge on any atom is 0.269 e. The monoisotopic (exact) mass is 408 g/mol. The van der Waals surface area contributed by atoms with Crippen molar-refractivity contribution < 1.29 is 18.7 Å². The number of aromatic nitrogens is 3. The Hall–Kier alpha value is -3.65. The zero-order valence-corrected chi connectivity index (χ0v) is 16.0. The minimum absolute atomic E-state index is 0.131. The maximum atomic E-state index is 14.1. The van der Waals surface area contributed by atoms with E-state index >= 15 is 0 Å². The van der Waals surface area contributed by atoms with Crippen LogP contribution in [0.3, 0.4) is 0 Å². The second-order valence-corrected chi connectivity index (χ2v) is 6.81. The number of amides is 1. The number of nitrogens with zero attached hydrogens (tertiary/aromatic N) is 2. The van der Waals surface area contributed by atoms with E-state index in [1.165, 1.54) is 18.2 Å². The van der Waals surface area contributed by atoms with Gasteiger partial charge in [0.1, 0.15) is 23.0 Å². The van der Waals surface area contributed by atoms with E-state index in [0.29, 0.717) is 16.7 Å². The Balaban J connectivity index is 1.70. The Morgan fingerprint density at radius 1 is 1.13 bits per heavy atom. The van der Waals surface area contributed by atoms with Gasteiger partial charge in [-0.25, -0.2) is 13.8 Å². The maximum absolute atomic E-state index is 14.1. The van der Waals surface area contributed by atoms with Crippen LogP contribution < -0.4 is 5.32 Å². The van der Waals surface area contributed by atoms with Gasteiger partial charge in [-0.2, -0.15) is 0 Å². The van der Waals surface area contributed by atoms with Crippen LogP contribution in [0.25, 0.3) is 33.4 Å². The van der Waals surface area contributed by atoms with Crippen molar-refractivity contribution in [2.45, 2.75) is 6.92 Å². The minimum atomic E-state index is -0.656. The summed E-state index contributed by atoms with van der Waals surface area (Å²) in [6, 6.07) is 8.87. The molecule has 0 saturated heterocycles. The van der Waals surface area contributed by atoms with Gasteiger partial charge in [-0.1, -0.05) is 6.07 Å². The van der Waals surface area contributed by atoms with Crippen molar-refractivity contribution >= 4 is 16.9 Å². The highest BCUT2D eigenvalue weighted by Gasteiger charge is 2.15. The summed E-state index contributed by atoms with van der Waals surface area (Å²) in [6.45, 7) is 1.85. The number of carbonyl (C=O) groups is 1. The molecule has 0 aliphatic carbocycles. The van der Waals surface area contributed by atoms with E-state index in [0.717, 1.165) is 16.7 Å². The molecule has 0 fully saturated rings. The average molecular weight is 408 g/mol. The molecular weight excluding hydrogens is 390 g/mol. The second kappa shape index (κ2) is 8.00. The smallest absolute Gasteiger partial charge is 0.269 e. The zero-order valence-electron chi connectivity index (χ0n) is 16.0. The Kier molecular flexibility index (Phi) is 5.24. The Labute approximate surface area is 170 Å². The lowest BCUT2D eigenvalue weighted by molar-refractivity contribution is 0.0939. The third kappa shape index (κ3) is 3.65. The molecule has 0 saturated carbocycles. The molecule has 6 nitrogen and oxygen atoms in total. The molecule has 0 radical (unpaired) electrons. The molecule has 8 heteroatoms. The standard InChI is InChI=1S/C22H18F2N4O2/c1-12-7-19(22(30)25-5-6-29)26-11-15(12)14-8-13-9-18(28-21(13)27-10-14)20-16(23)3-2-4-17(20)24/h2-4,7-11,29H,5-6H2,1H3,(H,25,30)(H,27,28). The predicted molar refractivity (Wildman–Crippen MR) is 109 cm³/mol. The molecule has 30 heavy (non-hydrogen) atoms. The SMILES string of the molecule is Cc1cc(C(=O)NCCO)ncc1-c1cnc2[nH]c(-c3c(F)cccc3F)cc2c1. The van der Waals surface area contributed by atoms with Crippen molar-refractivity contribution in [3.63, 3.8) is 0 Å². The van der Waals surface area contributed by atoms with Gasteiger partial charge in [-0.3, -0.25) is 9.78 Å². The second-order valence-electron chi connectivity index (χ2n) is 6.81. The van der Waals surface area contributed by atoms with Gasteiger partial charge in [0, 0.05) is 35.5 Å². The van der Waals surface area contributed by atoms with Crippen LogP contribution in [0.15, 0.2) is 48.8 Å². The first kappa shape index (κ1) is 19.7. The summed E-state index contributed by atoms with van der Waals surface area (Å²) in [5.74, 6) is -1.68. The minimum Gasteiger partial charge on any atom is -0.395 e. The summed E-state index contributed by atoms with van der Waals surface area (Å²) in [7, 11) is 0. The summed E-state index contributed by atoms with van der Waals surface area (Å²) in [6.07, 6.45) is 3.21. The number of nitrogens with one attached hydrogen (secondary N) is 2. The third-order valence-electron chi connectivity index (χ3n) is 4.75. The van der Waals surface area contributed by atoms with Crippen molar-refractivity contribution in [3.05, 3.63) is 71.7 Å². The summed E-state index contributed by atoms with van der Waals surface area (Å²) in [5.41, 5.74) is 3.28. The van der Waals surface area contributed by atoms with Crippen LogP contribution in [-0.2, 0) is 0 Å². The molecule has 0 aliphatic rings. The summed E-state index contributed by atoms with van der Waals surface area (Å²) in [4.78, 5) is 23.5. The lowest BCUT2D eigenvalue weighted by Gasteiger charge is -2.08. The summed E-state index contributed by atoms with van der Waals surface area (Å²) < 4.78 is 28.2. The highest BCUT2D eigenvalue weighted by molar-refractivity contribution is 5.93. The van der Waals surface area contributed by atoms with E-state index in [4.69, 9.17) is 5.11 Å². The van der Waals surface area contributed by atoms with Gasteiger partial charge in [0.05, 0.1) is 17.9 Å². The highest BCUT2D eigenvalue weighted by atomic mass is 19.1. The van der Waals surface area contributed by atoms with Crippen molar-refractivity contribution in [1.29, 1.82) is 0 Å². The van der Waals surface area contributed by atoms with Crippen LogP contribution >= 0.6 is 0 Å². The van der Waals surface area contributed by atoms with E-state index in [1.807, 2.05) is 13.0 Å². The van der Waals surface area contributed by atoms with Gasteiger partial charge < -0.3 is 15.4 Å². The van der Waals surface area contributed by atoms with Crippen LogP contribution in [-0.4, -0.2) is 39.1 Å². The number of aliphatic hydroxyl groups is 1. The molecule has 0 unspecified atom stereocenters. The topological polar surface area (TPSA) is 90.9 Å². The molecule has 3 aromatic heterocycles. The molecular formula is C22H18F2N4O2. The quantitative estimate of drug-likeness (QED) is 0.471. The largest absolute Gasteiger partial charge is 0.395 e. The van der Waals surface area contributed by atoms with Gasteiger partial charge in [0.15, 0.2) is 0 Å². The molecule has 1 amide bonds. The van der Waals surface area contributed by atoms with Crippen molar-refractivity contribution in [2.24, 2.45) is 0 Å². The van der Waals surface area contributed by atoms with Gasteiger partial charge in [-0.05, 0) is 42.8 Å². The van der Waals surface area contributed by atoms with Crippen molar-refractivity contribution in [1.82, 2.24) is 20.3 Å². The number of aliphatic hydroxyl groups excluding tert-OH is 1. The molecule has 152 valence electrons. The number of benzene rings is 1. The first-order valence-electron chi connectivity index (χ1n) is 9.27. The molecule has 3 N–H and O–H groups in total. The number of hydrogen-bond acceptors (Lipinski definition) is 4. The van der Waals surface area contributed by atoms with Crippen LogP contribution in [0.5, 0.6) is 0 Å². The molecule has 4 aromatic rings. The normalized spacial score (nSPS) is 11.1. The fourth-order valence-electron chi connectivity index (χ4n) is 3.29. The Morgan fingerprint density at radius 2 is 1.90 bits per heavy atom. The fourth-order valence-corrected chi connectivity index (χ4v) is 3.29. The number of H-pyrrole nitrogens is 1. The average Bonchev–Trinajstić information content (AvgIpc) is 3.14. The number of fused-ring (bicyclic) bond motifs is 1. The van der Waals surface area contributed by atoms with E-state index in [2.05, 4.69) is 20.3 Å². The van der Waals surface area contributed by atoms with Crippen LogP contribution in [0, 0.1) is 18.6 Å². The number of hydrogen-bond donors (Lipinski definition) is 3. The third-order valence-corrected chi connectivity index (χ3v) is 4.75. The summed E-state index contributed by atoms with van der Waals surface area (Å²) >= 11 is 0. The van der Waals surface area contributed by atoms with E-state index in [9.17, 15) is 13.6 Å². The van der Waals surface area contributed by atoms with E-state index < -0.39 is 11.6 Å². The number of aryl methyl sites for hydroxylation is 1. The fraction of sp³-hybridized carbons (Fsp3) is 0.136. The van der Waals surface area contributed by atoms with Crippen molar-refractivity contribution in [2.75, 3.05) is 13.2 Å². The number of pyridine rings is 2. The molecule has 4 rings (SSSR count).